The van der Waals surface area contributed by atoms with E-state index in [0.29, 0.717) is 18.0 Å². The van der Waals surface area contributed by atoms with Gasteiger partial charge in [-0.25, -0.2) is 0 Å². The van der Waals surface area contributed by atoms with Gasteiger partial charge in [0, 0.05) is 24.3 Å². The van der Waals surface area contributed by atoms with Crippen LogP contribution in [0.15, 0.2) is 48.5 Å². The highest BCUT2D eigenvalue weighted by Gasteiger charge is 2.22. The van der Waals surface area contributed by atoms with Gasteiger partial charge in [0.1, 0.15) is 5.75 Å². The summed E-state index contributed by atoms with van der Waals surface area (Å²) in [5.41, 5.74) is 2.63. The molecule has 5 nitrogen and oxygen atoms in total. The number of carbonyl (C=O) groups excluding carboxylic acids is 2. The Kier molecular flexibility index (Phi) is 5.79. The van der Waals surface area contributed by atoms with E-state index in [1.807, 2.05) is 48.5 Å². The molecule has 0 bridgehead atoms. The largest absolute Gasteiger partial charge is 0.481 e. The van der Waals surface area contributed by atoms with E-state index in [-0.39, 0.29) is 11.8 Å². The molecule has 1 fully saturated rings. The molecule has 0 aliphatic carbocycles. The van der Waals surface area contributed by atoms with E-state index in [1.54, 1.807) is 11.8 Å². The smallest absolute Gasteiger partial charge is 0.265 e. The maximum atomic E-state index is 12.5. The first kappa shape index (κ1) is 19.0. The number of nitrogens with one attached hydrogen (secondary N) is 1. The lowest BCUT2D eigenvalue weighted by molar-refractivity contribution is -0.122. The second-order valence-electron chi connectivity index (χ2n) is 7.14. The molecule has 1 aliphatic rings. The standard InChI is InChI=1S/C22H26N2O3/c1-15(2)19-7-4-5-8-20(19)27-16(3)22(26)23-17-10-12-18(13-11-17)24-14-6-9-21(24)25/h4-5,7-8,10-13,15-16H,6,9,14H2,1-3H3,(H,23,26)/t16-/m1/s1. The fourth-order valence-electron chi connectivity index (χ4n) is 3.20. The molecule has 2 aromatic rings. The van der Waals surface area contributed by atoms with Crippen LogP contribution in [0.2, 0.25) is 0 Å². The Bertz CT molecular complexity index is 815. The highest BCUT2D eigenvalue weighted by molar-refractivity contribution is 5.96. The van der Waals surface area contributed by atoms with Gasteiger partial charge in [-0.1, -0.05) is 32.0 Å². The average molecular weight is 366 g/mol. The number of nitrogens with zero attached hydrogens (tertiary/aromatic N) is 1. The van der Waals surface area contributed by atoms with Gasteiger partial charge in [-0.2, -0.15) is 0 Å². The molecule has 5 heteroatoms. The molecule has 0 spiro atoms. The number of carbonyl (C=O) groups is 2. The topological polar surface area (TPSA) is 58.6 Å². The van der Waals surface area contributed by atoms with Crippen LogP contribution in [0, 0.1) is 0 Å². The molecule has 1 heterocycles. The van der Waals surface area contributed by atoms with E-state index >= 15 is 0 Å². The third kappa shape index (κ3) is 4.48. The molecule has 0 radical (unpaired) electrons. The summed E-state index contributed by atoms with van der Waals surface area (Å²) in [4.78, 5) is 26.1. The Morgan fingerprint density at radius 1 is 1.07 bits per heavy atom. The van der Waals surface area contributed by atoms with Crippen LogP contribution in [-0.2, 0) is 9.59 Å². The van der Waals surface area contributed by atoms with Gasteiger partial charge in [-0.15, -0.1) is 0 Å². The maximum absolute atomic E-state index is 12.5. The lowest BCUT2D eigenvalue weighted by atomic mass is 10.0. The number of hydrogen-bond donors (Lipinski definition) is 1. The molecule has 1 aliphatic heterocycles. The maximum Gasteiger partial charge on any atom is 0.265 e. The van der Waals surface area contributed by atoms with Gasteiger partial charge >= 0.3 is 0 Å². The predicted molar refractivity (Wildman–Crippen MR) is 107 cm³/mol. The zero-order valence-corrected chi connectivity index (χ0v) is 16.1. The van der Waals surface area contributed by atoms with E-state index in [9.17, 15) is 9.59 Å². The van der Waals surface area contributed by atoms with Crippen molar-refractivity contribution in [3.8, 4) is 5.75 Å². The summed E-state index contributed by atoms with van der Waals surface area (Å²) >= 11 is 0. The Morgan fingerprint density at radius 2 is 1.78 bits per heavy atom. The van der Waals surface area contributed by atoms with Crippen molar-refractivity contribution >= 4 is 23.2 Å². The Balaban J connectivity index is 1.62. The fraction of sp³-hybridized carbons (Fsp3) is 0.364. The first-order valence-corrected chi connectivity index (χ1v) is 9.42. The van der Waals surface area contributed by atoms with E-state index in [0.717, 1.165) is 30.0 Å². The van der Waals surface area contributed by atoms with Crippen LogP contribution in [0.5, 0.6) is 5.75 Å². The van der Waals surface area contributed by atoms with Gasteiger partial charge in [0.2, 0.25) is 5.91 Å². The Hall–Kier alpha value is -2.82. The lowest BCUT2D eigenvalue weighted by Crippen LogP contribution is -2.30. The molecule has 0 unspecified atom stereocenters. The van der Waals surface area contributed by atoms with Crippen LogP contribution in [-0.4, -0.2) is 24.5 Å². The first-order chi connectivity index (χ1) is 13.0. The summed E-state index contributed by atoms with van der Waals surface area (Å²) in [7, 11) is 0. The normalized spacial score (nSPS) is 15.1. The van der Waals surface area contributed by atoms with Gasteiger partial charge in [0.15, 0.2) is 6.10 Å². The van der Waals surface area contributed by atoms with Crippen molar-refractivity contribution in [3.63, 3.8) is 0 Å². The number of ether oxygens (including phenoxy) is 1. The van der Waals surface area contributed by atoms with Crippen LogP contribution < -0.4 is 15.0 Å². The summed E-state index contributed by atoms with van der Waals surface area (Å²) in [6.07, 6.45) is 0.875. The van der Waals surface area contributed by atoms with Crippen molar-refractivity contribution in [2.75, 3.05) is 16.8 Å². The van der Waals surface area contributed by atoms with Crippen LogP contribution in [0.3, 0.4) is 0 Å². The molecule has 3 rings (SSSR count). The van der Waals surface area contributed by atoms with E-state index in [2.05, 4.69) is 19.2 Å². The average Bonchev–Trinajstić information content (AvgIpc) is 3.08. The van der Waals surface area contributed by atoms with Crippen molar-refractivity contribution < 1.29 is 14.3 Å². The van der Waals surface area contributed by atoms with Crippen molar-refractivity contribution in [1.82, 2.24) is 0 Å². The quantitative estimate of drug-likeness (QED) is 0.827. The second kappa shape index (κ2) is 8.25. The van der Waals surface area contributed by atoms with Gasteiger partial charge in [-0.05, 0) is 55.2 Å². The van der Waals surface area contributed by atoms with Crippen molar-refractivity contribution in [3.05, 3.63) is 54.1 Å². The van der Waals surface area contributed by atoms with Crippen LogP contribution in [0.25, 0.3) is 0 Å². The third-order valence-corrected chi connectivity index (χ3v) is 4.73. The number of rotatable bonds is 6. The van der Waals surface area contributed by atoms with E-state index in [4.69, 9.17) is 4.74 Å². The van der Waals surface area contributed by atoms with E-state index < -0.39 is 6.10 Å². The molecule has 2 aromatic carbocycles. The zero-order valence-electron chi connectivity index (χ0n) is 16.1. The van der Waals surface area contributed by atoms with Gasteiger partial charge in [0.25, 0.3) is 5.91 Å². The summed E-state index contributed by atoms with van der Waals surface area (Å²) in [6, 6.07) is 15.1. The molecular weight excluding hydrogens is 340 g/mol. The van der Waals surface area contributed by atoms with Crippen molar-refractivity contribution in [1.29, 1.82) is 0 Å². The molecule has 1 atom stereocenters. The first-order valence-electron chi connectivity index (χ1n) is 9.42. The molecular formula is C22H26N2O3. The number of anilines is 2. The SMILES string of the molecule is CC(C)c1ccccc1O[C@H](C)C(=O)Nc1ccc(N2CCCC2=O)cc1. The molecule has 142 valence electrons. The summed E-state index contributed by atoms with van der Waals surface area (Å²) in [5.74, 6) is 0.992. The summed E-state index contributed by atoms with van der Waals surface area (Å²) in [5, 5.41) is 2.87. The van der Waals surface area contributed by atoms with Crippen LogP contribution >= 0.6 is 0 Å². The Morgan fingerprint density at radius 3 is 2.41 bits per heavy atom. The second-order valence-corrected chi connectivity index (χ2v) is 7.14. The minimum Gasteiger partial charge on any atom is -0.481 e. The minimum absolute atomic E-state index is 0.151. The number of benzene rings is 2. The van der Waals surface area contributed by atoms with Gasteiger partial charge < -0.3 is 15.0 Å². The van der Waals surface area contributed by atoms with Crippen molar-refractivity contribution in [2.24, 2.45) is 0 Å². The van der Waals surface area contributed by atoms with Crippen molar-refractivity contribution in [2.45, 2.75) is 45.6 Å². The molecule has 27 heavy (non-hydrogen) atoms. The van der Waals surface area contributed by atoms with Crippen LogP contribution in [0.4, 0.5) is 11.4 Å². The minimum atomic E-state index is -0.621. The summed E-state index contributed by atoms with van der Waals surface area (Å²) in [6.45, 7) is 6.69. The molecule has 0 saturated carbocycles. The molecule has 1 N–H and O–H groups in total. The fourth-order valence-corrected chi connectivity index (χ4v) is 3.20. The number of para-hydroxylation sites is 1. The van der Waals surface area contributed by atoms with Gasteiger partial charge in [-0.3, -0.25) is 9.59 Å². The lowest BCUT2D eigenvalue weighted by Gasteiger charge is -2.19. The summed E-state index contributed by atoms with van der Waals surface area (Å²) < 4.78 is 5.89. The third-order valence-electron chi connectivity index (χ3n) is 4.73. The number of amides is 2. The van der Waals surface area contributed by atoms with Gasteiger partial charge in [0.05, 0.1) is 0 Å². The molecule has 0 aromatic heterocycles. The highest BCUT2D eigenvalue weighted by atomic mass is 16.5. The van der Waals surface area contributed by atoms with E-state index in [1.165, 1.54) is 0 Å². The Labute approximate surface area is 160 Å². The molecule has 1 saturated heterocycles. The predicted octanol–water partition coefficient (Wildman–Crippen LogP) is 4.34. The molecule has 2 amide bonds. The highest BCUT2D eigenvalue weighted by Crippen LogP contribution is 2.27. The van der Waals surface area contributed by atoms with Crippen LogP contribution in [0.1, 0.15) is 45.1 Å². The zero-order chi connectivity index (χ0) is 19.4. The number of hydrogen-bond acceptors (Lipinski definition) is 3. The monoisotopic (exact) mass is 366 g/mol.